The Balaban J connectivity index is 2.60. The molecule has 13 heavy (non-hydrogen) atoms. The summed E-state index contributed by atoms with van der Waals surface area (Å²) in [5.41, 5.74) is 8.93. The molecule has 1 unspecified atom stereocenters. The van der Waals surface area contributed by atoms with E-state index in [1.54, 1.807) is 6.20 Å². The van der Waals surface area contributed by atoms with Crippen LogP contribution in [-0.2, 0) is 0 Å². The molecule has 0 saturated carbocycles. The van der Waals surface area contributed by atoms with Gasteiger partial charge < -0.3 is 11.2 Å². The number of nitrogens with two attached hydrogens (primary N) is 1. The van der Waals surface area contributed by atoms with Crippen molar-refractivity contribution in [1.29, 1.82) is 5.26 Å². The number of hydrazine groups is 1. The average molecular weight is 180 g/mol. The number of hydrogen-bond acceptors (Lipinski definition) is 4. The number of nitrogens with one attached hydrogen (secondary N) is 1. The highest BCUT2D eigenvalue weighted by Gasteiger charge is 2.35. The van der Waals surface area contributed by atoms with E-state index in [2.05, 4.69) is 18.4 Å². The highest BCUT2D eigenvalue weighted by molar-refractivity contribution is 5.33. The molecule has 1 aliphatic rings. The molecule has 1 atom stereocenters. The third-order valence-corrected chi connectivity index (χ3v) is 2.33. The molecule has 0 radical (unpaired) electrons. The van der Waals surface area contributed by atoms with E-state index in [1.807, 2.05) is 11.9 Å². The highest BCUT2D eigenvalue weighted by Crippen LogP contribution is 2.21. The standard InChI is InChI=1S/C9H16N4/c1-3-4-5-13-9(2,11)8(6-10)7-12-13/h7,12H,3-5,11H2,1-2H3. The summed E-state index contributed by atoms with van der Waals surface area (Å²) in [6, 6.07) is 2.09. The Hall–Kier alpha value is -1.05. The van der Waals surface area contributed by atoms with Crippen molar-refractivity contribution in [3.05, 3.63) is 11.8 Å². The van der Waals surface area contributed by atoms with Crippen LogP contribution in [0.5, 0.6) is 0 Å². The van der Waals surface area contributed by atoms with Crippen LogP contribution in [0.2, 0.25) is 0 Å². The Morgan fingerprint density at radius 1 is 1.77 bits per heavy atom. The van der Waals surface area contributed by atoms with Crippen molar-refractivity contribution >= 4 is 0 Å². The van der Waals surface area contributed by atoms with Gasteiger partial charge in [-0.3, -0.25) is 0 Å². The lowest BCUT2D eigenvalue weighted by molar-refractivity contribution is 0.123. The fourth-order valence-electron chi connectivity index (χ4n) is 1.33. The van der Waals surface area contributed by atoms with E-state index >= 15 is 0 Å². The molecule has 0 amide bonds. The molecule has 0 spiro atoms. The minimum Gasteiger partial charge on any atom is -0.323 e. The number of nitrogens with zero attached hydrogens (tertiary/aromatic N) is 2. The highest BCUT2D eigenvalue weighted by atomic mass is 15.6. The number of nitriles is 1. The Kier molecular flexibility index (Phi) is 2.91. The van der Waals surface area contributed by atoms with Crippen molar-refractivity contribution in [2.45, 2.75) is 32.4 Å². The summed E-state index contributed by atoms with van der Waals surface area (Å²) in [5, 5.41) is 10.7. The first-order valence-corrected chi connectivity index (χ1v) is 4.56. The van der Waals surface area contributed by atoms with Gasteiger partial charge >= 0.3 is 0 Å². The van der Waals surface area contributed by atoms with Gasteiger partial charge in [0.25, 0.3) is 0 Å². The third kappa shape index (κ3) is 1.82. The number of hydrogen-bond donors (Lipinski definition) is 2. The van der Waals surface area contributed by atoms with Crippen LogP contribution in [0.3, 0.4) is 0 Å². The van der Waals surface area contributed by atoms with Crippen molar-refractivity contribution in [2.24, 2.45) is 5.73 Å². The molecule has 0 aromatic carbocycles. The molecule has 0 aromatic rings. The molecular formula is C9H16N4. The van der Waals surface area contributed by atoms with Crippen LogP contribution in [0.25, 0.3) is 0 Å². The predicted octanol–water partition coefficient (Wildman–Crippen LogP) is 0.689. The van der Waals surface area contributed by atoms with Gasteiger partial charge in [-0.2, -0.15) is 10.3 Å². The third-order valence-electron chi connectivity index (χ3n) is 2.33. The second-order valence-corrected chi connectivity index (χ2v) is 3.45. The maximum Gasteiger partial charge on any atom is 0.121 e. The van der Waals surface area contributed by atoms with E-state index in [9.17, 15) is 0 Å². The lowest BCUT2D eigenvalue weighted by Gasteiger charge is -2.31. The van der Waals surface area contributed by atoms with Crippen LogP contribution in [-0.4, -0.2) is 17.2 Å². The molecule has 1 aliphatic heterocycles. The topological polar surface area (TPSA) is 65.1 Å². The minimum absolute atomic E-state index is 0.587. The van der Waals surface area contributed by atoms with Crippen LogP contribution in [0.4, 0.5) is 0 Å². The quantitative estimate of drug-likeness (QED) is 0.670. The van der Waals surface area contributed by atoms with Crippen molar-refractivity contribution < 1.29 is 0 Å². The smallest absolute Gasteiger partial charge is 0.121 e. The summed E-state index contributed by atoms with van der Waals surface area (Å²) in [5.74, 6) is 0. The van der Waals surface area contributed by atoms with Crippen molar-refractivity contribution in [3.63, 3.8) is 0 Å². The van der Waals surface area contributed by atoms with E-state index in [0.717, 1.165) is 19.4 Å². The molecule has 0 fully saturated rings. The zero-order valence-electron chi connectivity index (χ0n) is 8.17. The fourth-order valence-corrected chi connectivity index (χ4v) is 1.33. The molecular weight excluding hydrogens is 164 g/mol. The lowest BCUT2D eigenvalue weighted by Crippen LogP contribution is -2.55. The minimum atomic E-state index is -0.649. The summed E-state index contributed by atoms with van der Waals surface area (Å²) in [6.07, 6.45) is 3.87. The second-order valence-electron chi connectivity index (χ2n) is 3.45. The Bertz CT molecular complexity index is 249. The zero-order chi connectivity index (χ0) is 9.90. The Labute approximate surface area is 79.0 Å². The van der Waals surface area contributed by atoms with E-state index in [0.29, 0.717) is 5.57 Å². The Morgan fingerprint density at radius 2 is 2.46 bits per heavy atom. The maximum absolute atomic E-state index is 8.78. The van der Waals surface area contributed by atoms with Gasteiger partial charge in [0, 0.05) is 12.7 Å². The largest absolute Gasteiger partial charge is 0.323 e. The molecule has 0 aromatic heterocycles. The van der Waals surface area contributed by atoms with Crippen molar-refractivity contribution in [3.8, 4) is 6.07 Å². The molecule has 0 bridgehead atoms. The van der Waals surface area contributed by atoms with Crippen molar-refractivity contribution in [1.82, 2.24) is 10.4 Å². The van der Waals surface area contributed by atoms with E-state index in [-0.39, 0.29) is 0 Å². The Morgan fingerprint density at radius 3 is 2.92 bits per heavy atom. The molecule has 0 saturated heterocycles. The van der Waals surface area contributed by atoms with Gasteiger partial charge in [0.05, 0.1) is 11.6 Å². The van der Waals surface area contributed by atoms with Crippen LogP contribution >= 0.6 is 0 Å². The van der Waals surface area contributed by atoms with Gasteiger partial charge in [-0.25, -0.2) is 0 Å². The summed E-state index contributed by atoms with van der Waals surface area (Å²) in [7, 11) is 0. The molecule has 3 N–H and O–H groups in total. The number of rotatable bonds is 3. The van der Waals surface area contributed by atoms with Crippen LogP contribution in [0.15, 0.2) is 11.8 Å². The van der Waals surface area contributed by atoms with Gasteiger partial charge in [-0.05, 0) is 13.3 Å². The summed E-state index contributed by atoms with van der Waals surface area (Å²) < 4.78 is 0. The number of unbranched alkanes of at least 4 members (excludes halogenated alkanes) is 1. The molecule has 1 rings (SSSR count). The van der Waals surface area contributed by atoms with E-state index in [4.69, 9.17) is 11.0 Å². The molecule has 4 nitrogen and oxygen atoms in total. The monoisotopic (exact) mass is 180 g/mol. The van der Waals surface area contributed by atoms with Crippen LogP contribution in [0.1, 0.15) is 26.7 Å². The maximum atomic E-state index is 8.78. The second kappa shape index (κ2) is 3.77. The summed E-state index contributed by atoms with van der Waals surface area (Å²) in [6.45, 7) is 4.84. The molecule has 4 heteroatoms. The molecule has 72 valence electrons. The van der Waals surface area contributed by atoms with Crippen molar-refractivity contribution in [2.75, 3.05) is 6.54 Å². The first-order valence-electron chi connectivity index (χ1n) is 4.56. The van der Waals surface area contributed by atoms with Gasteiger partial charge in [-0.15, -0.1) is 0 Å². The zero-order valence-corrected chi connectivity index (χ0v) is 8.17. The summed E-state index contributed by atoms with van der Waals surface area (Å²) in [4.78, 5) is 0. The predicted molar refractivity (Wildman–Crippen MR) is 51.0 cm³/mol. The van der Waals surface area contributed by atoms with Gasteiger partial charge in [0.15, 0.2) is 0 Å². The SMILES string of the molecule is CCCCN1NC=C(C#N)C1(C)N. The fraction of sp³-hybridized carbons (Fsp3) is 0.667. The van der Waals surface area contributed by atoms with E-state index in [1.165, 1.54) is 0 Å². The summed E-state index contributed by atoms with van der Waals surface area (Å²) >= 11 is 0. The van der Waals surface area contributed by atoms with Gasteiger partial charge in [0.2, 0.25) is 0 Å². The average Bonchev–Trinajstić information content (AvgIpc) is 2.37. The van der Waals surface area contributed by atoms with Crippen LogP contribution in [0, 0.1) is 11.3 Å². The molecule has 0 aliphatic carbocycles. The first kappa shape index (κ1) is 10.0. The normalized spacial score (nSPS) is 28.0. The first-order chi connectivity index (χ1) is 6.12. The van der Waals surface area contributed by atoms with Gasteiger partial charge in [0.1, 0.15) is 5.66 Å². The van der Waals surface area contributed by atoms with E-state index < -0.39 is 5.66 Å². The van der Waals surface area contributed by atoms with Crippen LogP contribution < -0.4 is 11.2 Å². The van der Waals surface area contributed by atoms with Gasteiger partial charge in [-0.1, -0.05) is 13.3 Å². The lowest BCUT2D eigenvalue weighted by atomic mass is 10.1. The molecule has 1 heterocycles.